The standard InChI is InChI=1S/C12H17N5O2S/c1-12(2,10(18)19)8-6-20-11(15-8)13-5-4-9-16-14-7-17(9)3/h6-7H,4-5H2,1-3H3,(H,13,15)(H,18,19). The van der Waals surface area contributed by atoms with Crippen molar-refractivity contribution in [3.8, 4) is 0 Å². The van der Waals surface area contributed by atoms with E-state index in [1.54, 1.807) is 25.6 Å². The third-order valence-electron chi connectivity index (χ3n) is 3.11. The molecule has 0 spiro atoms. The highest BCUT2D eigenvalue weighted by molar-refractivity contribution is 7.13. The van der Waals surface area contributed by atoms with Gasteiger partial charge >= 0.3 is 5.97 Å². The van der Waals surface area contributed by atoms with E-state index >= 15 is 0 Å². The lowest BCUT2D eigenvalue weighted by atomic mass is 9.90. The zero-order chi connectivity index (χ0) is 14.8. The minimum absolute atomic E-state index is 0.566. The van der Waals surface area contributed by atoms with E-state index in [4.69, 9.17) is 5.11 Å². The van der Waals surface area contributed by atoms with E-state index in [1.807, 2.05) is 11.6 Å². The molecule has 0 unspecified atom stereocenters. The number of hydrogen-bond acceptors (Lipinski definition) is 6. The average molecular weight is 295 g/mol. The highest BCUT2D eigenvalue weighted by atomic mass is 32.1. The topological polar surface area (TPSA) is 92.9 Å². The van der Waals surface area contributed by atoms with Crippen LogP contribution in [0, 0.1) is 0 Å². The van der Waals surface area contributed by atoms with Gasteiger partial charge < -0.3 is 15.0 Å². The van der Waals surface area contributed by atoms with Crippen molar-refractivity contribution in [2.45, 2.75) is 25.7 Å². The highest BCUT2D eigenvalue weighted by Gasteiger charge is 2.32. The van der Waals surface area contributed by atoms with Crippen molar-refractivity contribution in [1.82, 2.24) is 19.7 Å². The third kappa shape index (κ3) is 2.96. The Balaban J connectivity index is 1.94. The average Bonchev–Trinajstić information content (AvgIpc) is 2.99. The van der Waals surface area contributed by atoms with Crippen LogP contribution in [0.2, 0.25) is 0 Å². The van der Waals surface area contributed by atoms with Gasteiger partial charge in [-0.1, -0.05) is 0 Å². The van der Waals surface area contributed by atoms with Crippen molar-refractivity contribution in [3.63, 3.8) is 0 Å². The first-order chi connectivity index (χ1) is 9.41. The molecule has 0 atom stereocenters. The number of carboxylic acids is 1. The summed E-state index contributed by atoms with van der Waals surface area (Å²) in [6.45, 7) is 3.97. The molecule has 2 rings (SSSR count). The Morgan fingerprint density at radius 3 is 2.90 bits per heavy atom. The first-order valence-electron chi connectivity index (χ1n) is 6.17. The number of aryl methyl sites for hydroxylation is 1. The van der Waals surface area contributed by atoms with E-state index in [-0.39, 0.29) is 0 Å². The van der Waals surface area contributed by atoms with Crippen LogP contribution in [0.25, 0.3) is 0 Å². The van der Waals surface area contributed by atoms with Gasteiger partial charge in [-0.05, 0) is 13.8 Å². The zero-order valence-electron chi connectivity index (χ0n) is 11.6. The summed E-state index contributed by atoms with van der Waals surface area (Å²) in [7, 11) is 1.90. The minimum Gasteiger partial charge on any atom is -0.481 e. The zero-order valence-corrected chi connectivity index (χ0v) is 12.4. The molecule has 0 fully saturated rings. The molecule has 2 aromatic heterocycles. The van der Waals surface area contributed by atoms with E-state index in [1.165, 1.54) is 11.3 Å². The van der Waals surface area contributed by atoms with Crippen LogP contribution in [0.5, 0.6) is 0 Å². The molecule has 8 heteroatoms. The molecule has 2 heterocycles. The molecule has 0 bridgehead atoms. The predicted octanol–water partition coefficient (Wildman–Crippen LogP) is 1.29. The Labute approximate surface area is 120 Å². The summed E-state index contributed by atoms with van der Waals surface area (Å²) < 4.78 is 1.86. The van der Waals surface area contributed by atoms with Crippen molar-refractivity contribution in [2.75, 3.05) is 11.9 Å². The first kappa shape index (κ1) is 14.4. The van der Waals surface area contributed by atoms with Crippen LogP contribution in [0.1, 0.15) is 25.4 Å². The Hall–Kier alpha value is -1.96. The predicted molar refractivity (Wildman–Crippen MR) is 76.0 cm³/mol. The maximum absolute atomic E-state index is 11.2. The maximum atomic E-state index is 11.2. The van der Waals surface area contributed by atoms with Gasteiger partial charge in [0.1, 0.15) is 17.6 Å². The summed E-state index contributed by atoms with van der Waals surface area (Å²) >= 11 is 1.41. The summed E-state index contributed by atoms with van der Waals surface area (Å²) in [4.78, 5) is 15.5. The van der Waals surface area contributed by atoms with E-state index in [0.29, 0.717) is 12.2 Å². The van der Waals surface area contributed by atoms with Gasteiger partial charge in [0, 0.05) is 25.4 Å². The molecule has 0 saturated carbocycles. The van der Waals surface area contributed by atoms with Crippen molar-refractivity contribution in [3.05, 3.63) is 23.2 Å². The van der Waals surface area contributed by atoms with Crippen LogP contribution in [0.4, 0.5) is 5.13 Å². The Morgan fingerprint density at radius 2 is 2.30 bits per heavy atom. The van der Waals surface area contributed by atoms with Gasteiger partial charge in [0.25, 0.3) is 0 Å². The van der Waals surface area contributed by atoms with E-state index in [2.05, 4.69) is 20.5 Å². The lowest BCUT2D eigenvalue weighted by Gasteiger charge is -2.15. The number of carbonyl (C=O) groups is 1. The lowest BCUT2D eigenvalue weighted by molar-refractivity contribution is -0.142. The molecule has 0 aliphatic heterocycles. The first-order valence-corrected chi connectivity index (χ1v) is 7.05. The number of nitrogens with zero attached hydrogens (tertiary/aromatic N) is 4. The van der Waals surface area contributed by atoms with Crippen LogP contribution in [0.3, 0.4) is 0 Å². The summed E-state index contributed by atoms with van der Waals surface area (Å²) in [6, 6.07) is 0. The molecule has 0 aliphatic rings. The van der Waals surface area contributed by atoms with E-state index < -0.39 is 11.4 Å². The molecule has 2 N–H and O–H groups in total. The van der Waals surface area contributed by atoms with E-state index in [9.17, 15) is 4.79 Å². The number of anilines is 1. The van der Waals surface area contributed by atoms with Crippen LogP contribution >= 0.6 is 11.3 Å². The highest BCUT2D eigenvalue weighted by Crippen LogP contribution is 2.27. The second-order valence-electron chi connectivity index (χ2n) is 5.00. The number of rotatable bonds is 6. The van der Waals surface area contributed by atoms with Gasteiger partial charge in [0.2, 0.25) is 0 Å². The molecule has 2 aromatic rings. The molecule has 0 aromatic carbocycles. The molecule has 108 valence electrons. The van der Waals surface area contributed by atoms with Crippen LogP contribution < -0.4 is 5.32 Å². The van der Waals surface area contributed by atoms with Gasteiger partial charge in [-0.25, -0.2) is 4.98 Å². The van der Waals surface area contributed by atoms with Gasteiger partial charge in [-0.2, -0.15) is 0 Å². The van der Waals surface area contributed by atoms with Crippen molar-refractivity contribution in [1.29, 1.82) is 0 Å². The smallest absolute Gasteiger partial charge is 0.315 e. The van der Waals surface area contributed by atoms with Crippen molar-refractivity contribution >= 4 is 22.4 Å². The van der Waals surface area contributed by atoms with Crippen molar-refractivity contribution in [2.24, 2.45) is 7.05 Å². The number of carboxylic acid groups (broad SMARTS) is 1. The van der Waals surface area contributed by atoms with Crippen LogP contribution in [-0.4, -0.2) is 37.4 Å². The number of aliphatic carboxylic acids is 1. The van der Waals surface area contributed by atoms with Gasteiger partial charge in [0.15, 0.2) is 5.13 Å². The quantitative estimate of drug-likeness (QED) is 0.834. The second-order valence-corrected chi connectivity index (χ2v) is 5.86. The molecule has 0 saturated heterocycles. The third-order valence-corrected chi connectivity index (χ3v) is 3.91. The molecule has 7 nitrogen and oxygen atoms in total. The second kappa shape index (κ2) is 5.58. The maximum Gasteiger partial charge on any atom is 0.315 e. The van der Waals surface area contributed by atoms with Crippen molar-refractivity contribution < 1.29 is 9.90 Å². The molecular weight excluding hydrogens is 278 g/mol. The fraction of sp³-hybridized carbons (Fsp3) is 0.500. The summed E-state index contributed by atoms with van der Waals surface area (Å²) in [5.74, 6) is 0.00794. The van der Waals surface area contributed by atoms with E-state index in [0.717, 1.165) is 17.4 Å². The van der Waals surface area contributed by atoms with Gasteiger partial charge in [0.05, 0.1) is 5.69 Å². The fourth-order valence-electron chi connectivity index (χ4n) is 1.57. The summed E-state index contributed by atoms with van der Waals surface area (Å²) in [6.07, 6.45) is 2.39. The number of thiazole rings is 1. The Bertz CT molecular complexity index is 605. The molecule has 20 heavy (non-hydrogen) atoms. The van der Waals surface area contributed by atoms with Crippen LogP contribution in [0.15, 0.2) is 11.7 Å². The molecule has 0 amide bonds. The monoisotopic (exact) mass is 295 g/mol. The lowest BCUT2D eigenvalue weighted by Crippen LogP contribution is -2.28. The largest absolute Gasteiger partial charge is 0.481 e. The molecule has 0 aliphatic carbocycles. The Kier molecular flexibility index (Phi) is 4.03. The molecular formula is C12H17N5O2S. The molecule has 0 radical (unpaired) electrons. The normalized spacial score (nSPS) is 11.6. The van der Waals surface area contributed by atoms with Crippen LogP contribution in [-0.2, 0) is 23.7 Å². The summed E-state index contributed by atoms with van der Waals surface area (Å²) in [5.41, 5.74) is -0.406. The van der Waals surface area contributed by atoms with Gasteiger partial charge in [-0.3, -0.25) is 4.79 Å². The van der Waals surface area contributed by atoms with Gasteiger partial charge in [-0.15, -0.1) is 21.5 Å². The number of aromatic nitrogens is 4. The summed E-state index contributed by atoms with van der Waals surface area (Å²) in [5, 5.41) is 22.6. The number of hydrogen-bond donors (Lipinski definition) is 2. The minimum atomic E-state index is -0.972. The Morgan fingerprint density at radius 1 is 1.55 bits per heavy atom. The number of nitrogens with one attached hydrogen (secondary N) is 1. The SMILES string of the molecule is Cn1cnnc1CCNc1nc(C(C)(C)C(=O)O)cs1. The fourth-order valence-corrected chi connectivity index (χ4v) is 2.47.